The van der Waals surface area contributed by atoms with Crippen LogP contribution < -0.4 is 10.2 Å². The van der Waals surface area contributed by atoms with Crippen molar-refractivity contribution in [3.63, 3.8) is 0 Å². The summed E-state index contributed by atoms with van der Waals surface area (Å²) in [6.45, 7) is 5.13. The fourth-order valence-corrected chi connectivity index (χ4v) is 5.66. The summed E-state index contributed by atoms with van der Waals surface area (Å²) in [4.78, 5) is 17.1. The van der Waals surface area contributed by atoms with Gasteiger partial charge in [-0.1, -0.05) is 65.2 Å². The van der Waals surface area contributed by atoms with E-state index in [-0.39, 0.29) is 5.91 Å². The van der Waals surface area contributed by atoms with Gasteiger partial charge in [0.2, 0.25) is 5.91 Å². The van der Waals surface area contributed by atoms with Crippen LogP contribution in [0.4, 0.5) is 11.4 Å². The van der Waals surface area contributed by atoms with Crippen LogP contribution in [0.25, 0.3) is 0 Å². The highest BCUT2D eigenvalue weighted by Gasteiger charge is 2.17. The molecule has 1 amide bonds. The minimum atomic E-state index is -0.0341. The molecule has 1 aromatic heterocycles. The zero-order chi connectivity index (χ0) is 21.5. The largest absolute Gasteiger partial charge is 0.369 e. The molecule has 0 unspecified atom stereocenters. The fraction of sp³-hybridized carbons (Fsp3) is 0.318. The van der Waals surface area contributed by atoms with Crippen molar-refractivity contribution in [2.45, 2.75) is 15.2 Å². The standard InChI is InChI=1S/C22H25N5OS3/c1-29-21-24-25-22(31-21)30-16-20(28)23-18-7-9-19(10-8-18)27-13-11-26(12-14-27)15-17-5-3-2-4-6-17/h2-10H,11-16H2,1H3,(H,23,28). The predicted molar refractivity (Wildman–Crippen MR) is 131 cm³/mol. The number of nitrogens with zero attached hydrogens (tertiary/aromatic N) is 4. The van der Waals surface area contributed by atoms with Crippen molar-refractivity contribution in [2.75, 3.05) is 48.4 Å². The number of carbonyl (C=O) groups excluding carboxylic acids is 1. The van der Waals surface area contributed by atoms with Crippen molar-refractivity contribution < 1.29 is 4.79 Å². The Balaban J connectivity index is 1.22. The molecule has 1 N–H and O–H groups in total. The van der Waals surface area contributed by atoms with E-state index in [2.05, 4.69) is 67.8 Å². The predicted octanol–water partition coefficient (Wildman–Crippen LogP) is 4.31. The molecule has 0 aliphatic carbocycles. The fourth-order valence-electron chi connectivity index (χ4n) is 3.42. The number of aromatic nitrogens is 2. The molecule has 31 heavy (non-hydrogen) atoms. The SMILES string of the molecule is CSc1nnc(SCC(=O)Nc2ccc(N3CCN(Cc4ccccc4)CC3)cc2)s1. The van der Waals surface area contributed by atoms with E-state index >= 15 is 0 Å². The summed E-state index contributed by atoms with van der Waals surface area (Å²) >= 11 is 4.50. The Morgan fingerprint density at radius 2 is 1.71 bits per heavy atom. The number of thioether (sulfide) groups is 2. The number of hydrogen-bond acceptors (Lipinski definition) is 8. The molecule has 0 atom stereocenters. The van der Waals surface area contributed by atoms with Gasteiger partial charge >= 0.3 is 0 Å². The molecular formula is C22H25N5OS3. The van der Waals surface area contributed by atoms with Crippen LogP contribution in [-0.2, 0) is 11.3 Å². The minimum absolute atomic E-state index is 0.0341. The van der Waals surface area contributed by atoms with Crippen LogP contribution >= 0.6 is 34.9 Å². The molecule has 0 bridgehead atoms. The van der Waals surface area contributed by atoms with Gasteiger partial charge in [-0.15, -0.1) is 10.2 Å². The molecule has 0 saturated carbocycles. The number of carbonyl (C=O) groups is 1. The van der Waals surface area contributed by atoms with Crippen LogP contribution in [-0.4, -0.2) is 59.2 Å². The Hall–Kier alpha value is -2.07. The second-order valence-electron chi connectivity index (χ2n) is 7.17. The van der Waals surface area contributed by atoms with Crippen LogP contribution in [0.15, 0.2) is 63.3 Å². The third-order valence-electron chi connectivity index (χ3n) is 5.03. The van der Waals surface area contributed by atoms with Gasteiger partial charge in [0, 0.05) is 44.1 Å². The van der Waals surface area contributed by atoms with Gasteiger partial charge in [0.1, 0.15) is 0 Å². The van der Waals surface area contributed by atoms with Crippen LogP contribution in [0.3, 0.4) is 0 Å². The third kappa shape index (κ3) is 6.46. The molecule has 4 rings (SSSR count). The molecule has 0 radical (unpaired) electrons. The number of rotatable bonds is 8. The Morgan fingerprint density at radius 3 is 2.39 bits per heavy atom. The second kappa shape index (κ2) is 11.0. The van der Waals surface area contributed by atoms with Gasteiger partial charge in [-0.2, -0.15) is 0 Å². The molecule has 3 aromatic rings. The molecule has 1 aliphatic heterocycles. The van der Waals surface area contributed by atoms with E-state index in [1.54, 1.807) is 11.8 Å². The smallest absolute Gasteiger partial charge is 0.234 e. The second-order valence-corrected chi connectivity index (χ2v) is 10.4. The first-order valence-electron chi connectivity index (χ1n) is 10.1. The van der Waals surface area contributed by atoms with Gasteiger partial charge < -0.3 is 10.2 Å². The van der Waals surface area contributed by atoms with Crippen molar-refractivity contribution in [1.29, 1.82) is 0 Å². The van der Waals surface area contributed by atoms with Crippen molar-refractivity contribution in [3.05, 3.63) is 60.2 Å². The molecule has 2 aromatic carbocycles. The molecule has 1 fully saturated rings. The van der Waals surface area contributed by atoms with E-state index in [0.29, 0.717) is 5.75 Å². The van der Waals surface area contributed by atoms with E-state index in [1.165, 1.54) is 34.3 Å². The first-order valence-corrected chi connectivity index (χ1v) is 13.1. The molecule has 2 heterocycles. The number of anilines is 2. The monoisotopic (exact) mass is 471 g/mol. The topological polar surface area (TPSA) is 61.4 Å². The van der Waals surface area contributed by atoms with E-state index in [9.17, 15) is 4.79 Å². The number of amides is 1. The number of nitrogens with one attached hydrogen (secondary N) is 1. The zero-order valence-electron chi connectivity index (χ0n) is 17.4. The average molecular weight is 472 g/mol. The van der Waals surface area contributed by atoms with Gasteiger partial charge in [0.05, 0.1) is 5.75 Å². The highest BCUT2D eigenvalue weighted by atomic mass is 32.2. The van der Waals surface area contributed by atoms with Gasteiger partial charge in [0.15, 0.2) is 8.68 Å². The van der Waals surface area contributed by atoms with Crippen LogP contribution in [0, 0.1) is 0 Å². The summed E-state index contributed by atoms with van der Waals surface area (Å²) in [6, 6.07) is 18.8. The average Bonchev–Trinajstić information content (AvgIpc) is 3.28. The van der Waals surface area contributed by atoms with Crippen molar-refractivity contribution in [1.82, 2.24) is 15.1 Å². The normalized spacial score (nSPS) is 14.5. The van der Waals surface area contributed by atoms with Crippen molar-refractivity contribution in [2.24, 2.45) is 0 Å². The van der Waals surface area contributed by atoms with E-state index in [4.69, 9.17) is 0 Å². The summed E-state index contributed by atoms with van der Waals surface area (Å²) in [5.74, 6) is 0.293. The molecule has 1 saturated heterocycles. The van der Waals surface area contributed by atoms with Crippen molar-refractivity contribution in [3.8, 4) is 0 Å². The van der Waals surface area contributed by atoms with E-state index in [0.717, 1.165) is 47.1 Å². The summed E-state index contributed by atoms with van der Waals surface area (Å²) < 4.78 is 1.74. The van der Waals surface area contributed by atoms with E-state index in [1.807, 2.05) is 18.4 Å². The third-order valence-corrected chi connectivity index (χ3v) is 8.06. The van der Waals surface area contributed by atoms with Gasteiger partial charge in [-0.25, -0.2) is 0 Å². The number of piperazine rings is 1. The van der Waals surface area contributed by atoms with Crippen molar-refractivity contribution >= 4 is 52.1 Å². The molecular weight excluding hydrogens is 446 g/mol. The highest BCUT2D eigenvalue weighted by Crippen LogP contribution is 2.27. The van der Waals surface area contributed by atoms with Crippen LogP contribution in [0.1, 0.15) is 5.56 Å². The number of hydrogen-bond donors (Lipinski definition) is 1. The zero-order valence-corrected chi connectivity index (χ0v) is 19.8. The van der Waals surface area contributed by atoms with Crippen LogP contribution in [0.5, 0.6) is 0 Å². The lowest BCUT2D eigenvalue weighted by atomic mass is 10.2. The summed E-state index contributed by atoms with van der Waals surface area (Å²) in [5.41, 5.74) is 3.38. The maximum absolute atomic E-state index is 12.2. The Kier molecular flexibility index (Phi) is 7.85. The quantitative estimate of drug-likeness (QED) is 0.491. The Bertz CT molecular complexity index is 972. The Morgan fingerprint density at radius 1 is 1.00 bits per heavy atom. The molecule has 0 spiro atoms. The minimum Gasteiger partial charge on any atom is -0.369 e. The molecule has 6 nitrogen and oxygen atoms in total. The maximum atomic E-state index is 12.2. The lowest BCUT2D eigenvalue weighted by Gasteiger charge is -2.36. The molecule has 1 aliphatic rings. The summed E-state index contributed by atoms with van der Waals surface area (Å²) in [6.07, 6.45) is 1.97. The first kappa shape index (κ1) is 22.1. The van der Waals surface area contributed by atoms with Gasteiger partial charge in [0.25, 0.3) is 0 Å². The van der Waals surface area contributed by atoms with Crippen LogP contribution in [0.2, 0.25) is 0 Å². The van der Waals surface area contributed by atoms with E-state index < -0.39 is 0 Å². The lowest BCUT2D eigenvalue weighted by Crippen LogP contribution is -2.45. The lowest BCUT2D eigenvalue weighted by molar-refractivity contribution is -0.113. The Labute approximate surface area is 195 Å². The first-order chi connectivity index (χ1) is 15.2. The molecule has 162 valence electrons. The maximum Gasteiger partial charge on any atom is 0.234 e. The number of benzene rings is 2. The summed E-state index contributed by atoms with van der Waals surface area (Å²) in [7, 11) is 0. The highest BCUT2D eigenvalue weighted by molar-refractivity contribution is 8.03. The summed E-state index contributed by atoms with van der Waals surface area (Å²) in [5, 5.41) is 11.1. The van der Waals surface area contributed by atoms with Gasteiger partial charge in [-0.3, -0.25) is 9.69 Å². The molecule has 9 heteroatoms. The van der Waals surface area contributed by atoms with Gasteiger partial charge in [-0.05, 0) is 36.1 Å².